The van der Waals surface area contributed by atoms with Crippen molar-refractivity contribution in [2.45, 2.75) is 38.8 Å². The normalized spacial score (nSPS) is 15.0. The van der Waals surface area contributed by atoms with Crippen molar-refractivity contribution in [3.05, 3.63) is 35.9 Å². The maximum atomic E-state index is 12.1. The highest BCUT2D eigenvalue weighted by Crippen LogP contribution is 2.11. The number of rotatable bonds is 5. The second-order valence-electron chi connectivity index (χ2n) is 6.33. The third-order valence-electron chi connectivity index (χ3n) is 3.08. The number of ether oxygens (including phenoxy) is 1. The standard InChI is InChI=1S/C17H21ClN2O2S.ClH/c1-17(2,3)22-16(21)20-14(9-12-7-5-4-6-8-12)15-19-13(10-18)11-23-15;/h4-8,14H,9-11H2,1-3H3;1H/t14-;/m1./s1. The number of alkyl halides is 1. The van der Waals surface area contributed by atoms with Gasteiger partial charge in [0.05, 0.1) is 11.6 Å². The zero-order valence-corrected chi connectivity index (χ0v) is 16.3. The molecule has 0 fully saturated rings. The van der Waals surface area contributed by atoms with E-state index in [4.69, 9.17) is 16.3 Å². The summed E-state index contributed by atoms with van der Waals surface area (Å²) in [5.41, 5.74) is 1.55. The number of hydrogen-bond acceptors (Lipinski definition) is 3. The fourth-order valence-electron chi connectivity index (χ4n) is 2.12. The summed E-state index contributed by atoms with van der Waals surface area (Å²) in [6.07, 6.45) is 0.239. The summed E-state index contributed by atoms with van der Waals surface area (Å²) in [6, 6.07) is 9.81. The van der Waals surface area contributed by atoms with E-state index in [-0.39, 0.29) is 18.4 Å². The Labute approximate surface area is 158 Å². The highest BCUT2D eigenvalue weighted by molar-refractivity contribution is 7.80. The van der Waals surface area contributed by atoms with Crippen LogP contribution in [0.1, 0.15) is 26.3 Å². The highest BCUT2D eigenvalue weighted by atomic mass is 35.5. The van der Waals surface area contributed by atoms with Crippen LogP contribution in [-0.2, 0) is 22.5 Å². The molecule has 24 heavy (non-hydrogen) atoms. The molecule has 1 aromatic rings. The van der Waals surface area contributed by atoms with Crippen molar-refractivity contribution in [1.29, 1.82) is 0 Å². The minimum Gasteiger partial charge on any atom is -1.00 e. The molecule has 132 valence electrons. The average molecular weight is 389 g/mol. The van der Waals surface area contributed by atoms with E-state index >= 15 is 0 Å². The van der Waals surface area contributed by atoms with Gasteiger partial charge in [0, 0.05) is 6.42 Å². The number of hydrogen-bond donors (Lipinski definition) is 1. The summed E-state index contributed by atoms with van der Waals surface area (Å²) in [7, 11) is 0. The van der Waals surface area contributed by atoms with Crippen molar-refractivity contribution in [2.75, 3.05) is 11.6 Å². The lowest BCUT2D eigenvalue weighted by Crippen LogP contribution is -3.00. The number of carbonyl (C=O) groups is 1. The van der Waals surface area contributed by atoms with Crippen LogP contribution in [-0.4, -0.2) is 40.1 Å². The number of nitrogens with one attached hydrogen (secondary N) is 1. The van der Waals surface area contributed by atoms with Crippen molar-refractivity contribution < 1.29 is 21.9 Å². The van der Waals surface area contributed by atoms with Gasteiger partial charge >= 0.3 is 11.1 Å². The van der Waals surface area contributed by atoms with E-state index in [0.29, 0.717) is 12.3 Å². The van der Waals surface area contributed by atoms with Gasteiger partial charge in [-0.3, -0.25) is 0 Å². The van der Waals surface area contributed by atoms with E-state index in [1.807, 2.05) is 51.1 Å². The Kier molecular flexibility index (Phi) is 8.13. The Hall–Kier alpha value is -1.17. The van der Waals surface area contributed by atoms with Gasteiger partial charge in [0.1, 0.15) is 11.6 Å². The smallest absolute Gasteiger partial charge is 0.408 e. The van der Waals surface area contributed by atoms with Gasteiger partial charge in [-0.2, -0.15) is 4.99 Å². The molecule has 7 heteroatoms. The first kappa shape index (κ1) is 20.9. The van der Waals surface area contributed by atoms with E-state index in [2.05, 4.69) is 10.3 Å². The van der Waals surface area contributed by atoms with Gasteiger partial charge in [-0.1, -0.05) is 30.3 Å². The quantitative estimate of drug-likeness (QED) is 0.439. The SMILES string of the molecule is CC(C)(C)OC(=O)N[C@H](Cc1ccccc1)C1=[S+]CC(CCl)=N1.[Cl-]. The maximum Gasteiger partial charge on any atom is 0.408 e. The van der Waals surface area contributed by atoms with Gasteiger partial charge in [0.25, 0.3) is 0 Å². The maximum absolute atomic E-state index is 12.1. The number of halogens is 2. The Morgan fingerprint density at radius 2 is 2.04 bits per heavy atom. The van der Waals surface area contributed by atoms with Crippen molar-refractivity contribution in [3.63, 3.8) is 0 Å². The lowest BCUT2D eigenvalue weighted by Gasteiger charge is -2.21. The van der Waals surface area contributed by atoms with E-state index in [1.54, 1.807) is 11.4 Å². The number of alkyl carbamates (subject to hydrolysis) is 1. The molecule has 2 rings (SSSR count). The third kappa shape index (κ3) is 6.75. The second-order valence-corrected chi connectivity index (χ2v) is 7.59. The van der Waals surface area contributed by atoms with Gasteiger partial charge in [-0.25, -0.2) is 4.79 Å². The molecule has 1 aromatic carbocycles. The van der Waals surface area contributed by atoms with Crippen LogP contribution in [0.3, 0.4) is 0 Å². The number of benzene rings is 1. The van der Waals surface area contributed by atoms with Crippen LogP contribution >= 0.6 is 11.6 Å². The fraction of sp³-hybridized carbons (Fsp3) is 0.471. The van der Waals surface area contributed by atoms with Crippen LogP contribution in [0.25, 0.3) is 0 Å². The van der Waals surface area contributed by atoms with Crippen LogP contribution in [0.4, 0.5) is 4.79 Å². The monoisotopic (exact) mass is 388 g/mol. The molecular weight excluding hydrogens is 367 g/mol. The summed E-state index contributed by atoms with van der Waals surface area (Å²) < 4.78 is 5.37. The molecule has 1 aliphatic heterocycles. The van der Waals surface area contributed by atoms with Crippen molar-refractivity contribution in [1.82, 2.24) is 5.32 Å². The van der Waals surface area contributed by atoms with E-state index in [9.17, 15) is 4.79 Å². The predicted molar refractivity (Wildman–Crippen MR) is 98.7 cm³/mol. The summed E-state index contributed by atoms with van der Waals surface area (Å²) in [6.45, 7) is 5.54. The molecule has 1 N–H and O–H groups in total. The summed E-state index contributed by atoms with van der Waals surface area (Å²) in [4.78, 5) is 17.6. The van der Waals surface area contributed by atoms with Crippen LogP contribution in [0, 0.1) is 0 Å². The van der Waals surface area contributed by atoms with Crippen LogP contribution in [0.15, 0.2) is 35.3 Å². The number of nitrogens with zero attached hydrogens (tertiary/aromatic N) is 1. The van der Waals surface area contributed by atoms with Gasteiger partial charge in [0.15, 0.2) is 0 Å². The summed E-state index contributed by atoms with van der Waals surface area (Å²) >= 11 is 7.48. The van der Waals surface area contributed by atoms with Crippen molar-refractivity contribution in [2.24, 2.45) is 4.99 Å². The molecule has 1 heterocycles. The Balaban J connectivity index is 0.00000288. The van der Waals surface area contributed by atoms with Crippen molar-refractivity contribution in [3.8, 4) is 0 Å². The molecule has 0 spiro atoms. The third-order valence-corrected chi connectivity index (χ3v) is 4.54. The molecule has 0 aromatic heterocycles. The molecule has 1 amide bonds. The zero-order chi connectivity index (χ0) is 16.9. The molecule has 0 radical (unpaired) electrons. The molecule has 0 bridgehead atoms. The molecule has 0 saturated carbocycles. The van der Waals surface area contributed by atoms with Crippen molar-refractivity contribution >= 4 is 39.7 Å². The fourth-order valence-corrected chi connectivity index (χ4v) is 3.41. The Morgan fingerprint density at radius 3 is 2.58 bits per heavy atom. The zero-order valence-electron chi connectivity index (χ0n) is 14.0. The van der Waals surface area contributed by atoms with E-state index in [0.717, 1.165) is 22.0 Å². The summed E-state index contributed by atoms with van der Waals surface area (Å²) in [5.74, 6) is 1.20. The molecule has 0 saturated heterocycles. The molecular formula is C17H22Cl2N2O2S. The molecule has 1 atom stereocenters. The number of aliphatic imine (C=N–C) groups is 1. The van der Waals surface area contributed by atoms with Gasteiger partial charge < -0.3 is 22.5 Å². The second kappa shape index (κ2) is 9.35. The first-order chi connectivity index (χ1) is 10.9. The predicted octanol–water partition coefficient (Wildman–Crippen LogP) is 0.0323. The van der Waals surface area contributed by atoms with Gasteiger partial charge in [0.2, 0.25) is 17.1 Å². The Morgan fingerprint density at radius 1 is 1.38 bits per heavy atom. The molecule has 4 nitrogen and oxygen atoms in total. The molecule has 0 unspecified atom stereocenters. The topological polar surface area (TPSA) is 50.7 Å². The van der Waals surface area contributed by atoms with E-state index in [1.165, 1.54) is 0 Å². The largest absolute Gasteiger partial charge is 1.00 e. The van der Waals surface area contributed by atoms with Gasteiger partial charge in [-0.15, -0.1) is 11.6 Å². The Bertz CT molecular complexity index is 613. The van der Waals surface area contributed by atoms with E-state index < -0.39 is 11.7 Å². The lowest BCUT2D eigenvalue weighted by atomic mass is 10.1. The lowest BCUT2D eigenvalue weighted by molar-refractivity contribution is -0.0000274. The minimum absolute atomic E-state index is 0. The van der Waals surface area contributed by atoms with Crippen LogP contribution in [0.2, 0.25) is 0 Å². The molecule has 1 aliphatic rings. The first-order valence-corrected chi connectivity index (χ1v) is 9.05. The number of amides is 1. The molecule has 0 aliphatic carbocycles. The van der Waals surface area contributed by atoms with Crippen LogP contribution in [0.5, 0.6) is 0 Å². The number of carbonyl (C=O) groups excluding carboxylic acids is 1. The minimum atomic E-state index is -0.528. The van der Waals surface area contributed by atoms with Crippen LogP contribution < -0.4 is 17.7 Å². The highest BCUT2D eigenvalue weighted by Gasteiger charge is 2.32. The average Bonchev–Trinajstić information content (AvgIpc) is 2.94. The first-order valence-electron chi connectivity index (χ1n) is 7.53. The summed E-state index contributed by atoms with van der Waals surface area (Å²) in [5, 5.41) is 2.94. The van der Waals surface area contributed by atoms with Gasteiger partial charge in [-0.05, 0) is 26.3 Å².